The van der Waals surface area contributed by atoms with Gasteiger partial charge in [-0.25, -0.2) is 0 Å². The third-order valence-corrected chi connectivity index (χ3v) is 1.93. The first-order chi connectivity index (χ1) is 5.72. The van der Waals surface area contributed by atoms with Gasteiger partial charge in [-0.2, -0.15) is 0 Å². The molecule has 12 heavy (non-hydrogen) atoms. The highest BCUT2D eigenvalue weighted by atomic mass is 127. The smallest absolute Gasteiger partial charge is 0.228 e. The molecule has 0 heterocycles. The maximum Gasteiger partial charge on any atom is 0.228 e. The maximum absolute atomic E-state index is 11.6. The van der Waals surface area contributed by atoms with Crippen molar-refractivity contribution >= 4 is 34.2 Å². The predicted octanol–water partition coefficient (Wildman–Crippen LogP) is 1.90. The molecule has 1 rings (SSSR count). The van der Waals surface area contributed by atoms with Crippen LogP contribution in [0.15, 0.2) is 29.5 Å². The van der Waals surface area contributed by atoms with Gasteiger partial charge in [0.15, 0.2) is 0 Å². The summed E-state index contributed by atoms with van der Waals surface area (Å²) in [5, 5.41) is 4.86. The van der Waals surface area contributed by atoms with E-state index in [1.165, 1.54) is 0 Å². The Morgan fingerprint density at radius 1 is 1.42 bits per heavy atom. The minimum absolute atomic E-state index is 0.240. The van der Waals surface area contributed by atoms with Crippen LogP contribution < -0.4 is 11.1 Å². The van der Waals surface area contributed by atoms with E-state index in [0.717, 1.165) is 3.57 Å². The Balaban J connectivity index is 2.71. The summed E-state index contributed by atoms with van der Waals surface area (Å²) in [7, 11) is 0. The van der Waals surface area contributed by atoms with E-state index in [9.17, 15) is 4.48 Å². The number of nitrogens with one attached hydrogen (secondary N) is 1. The monoisotopic (exact) mass is 279 g/mol. The second-order valence-corrected chi connectivity index (χ2v) is 3.35. The first-order valence-corrected chi connectivity index (χ1v) is 4.27. The van der Waals surface area contributed by atoms with E-state index in [1.807, 2.05) is 12.1 Å². The lowest BCUT2D eigenvalue weighted by Gasteiger charge is -2.02. The van der Waals surface area contributed by atoms with Gasteiger partial charge in [0.05, 0.1) is 0 Å². The number of hydrogen-bond acceptors (Lipinski definition) is 1. The molecule has 1 aromatic rings. The van der Waals surface area contributed by atoms with Crippen LogP contribution in [0.5, 0.6) is 0 Å². The van der Waals surface area contributed by atoms with Crippen molar-refractivity contribution in [2.45, 2.75) is 0 Å². The van der Waals surface area contributed by atoms with Crippen LogP contribution in [-0.4, -0.2) is 5.96 Å². The summed E-state index contributed by atoms with van der Waals surface area (Å²) >= 11 is 2.18. The van der Waals surface area contributed by atoms with Crippen molar-refractivity contribution in [3.63, 3.8) is 0 Å². The highest BCUT2D eigenvalue weighted by Gasteiger charge is 1.93. The number of hydrogen-bond donors (Lipinski definition) is 2. The van der Waals surface area contributed by atoms with Gasteiger partial charge >= 0.3 is 0 Å². The first kappa shape index (κ1) is 9.24. The fraction of sp³-hybridized carbons (Fsp3) is 0. The van der Waals surface area contributed by atoms with Crippen LogP contribution in [0.25, 0.3) is 0 Å². The van der Waals surface area contributed by atoms with E-state index >= 15 is 0 Å². The van der Waals surface area contributed by atoms with Gasteiger partial charge in [-0.1, -0.05) is 9.70 Å². The molecule has 0 aliphatic carbocycles. The zero-order valence-electron chi connectivity index (χ0n) is 6.09. The van der Waals surface area contributed by atoms with Crippen molar-refractivity contribution in [1.29, 1.82) is 0 Å². The topological polar surface area (TPSA) is 50.4 Å². The van der Waals surface area contributed by atoms with Crippen LogP contribution in [0.3, 0.4) is 0 Å². The van der Waals surface area contributed by atoms with Crippen molar-refractivity contribution in [2.75, 3.05) is 5.32 Å². The van der Waals surface area contributed by atoms with Gasteiger partial charge in [0.25, 0.3) is 0 Å². The summed E-state index contributed by atoms with van der Waals surface area (Å²) in [5.74, 6) is -0.240. The van der Waals surface area contributed by atoms with Crippen LogP contribution in [0.2, 0.25) is 0 Å². The average molecular weight is 279 g/mol. The number of nitrogens with two attached hydrogens (primary N) is 1. The molecule has 3 N–H and O–H groups in total. The Kier molecular flexibility index (Phi) is 3.27. The van der Waals surface area contributed by atoms with E-state index in [1.54, 1.807) is 12.1 Å². The van der Waals surface area contributed by atoms with Gasteiger partial charge in [0.1, 0.15) is 0 Å². The summed E-state index contributed by atoms with van der Waals surface area (Å²) in [6.07, 6.45) is 0. The minimum atomic E-state index is -0.240. The Morgan fingerprint density at radius 3 is 2.50 bits per heavy atom. The maximum atomic E-state index is 11.6. The Morgan fingerprint density at radius 2 is 2.00 bits per heavy atom. The SMILES string of the molecule is NC(=NF)Nc1ccc(I)cc1. The van der Waals surface area contributed by atoms with Crippen molar-refractivity contribution in [1.82, 2.24) is 0 Å². The number of benzene rings is 1. The van der Waals surface area contributed by atoms with Gasteiger partial charge in [0, 0.05) is 9.26 Å². The van der Waals surface area contributed by atoms with E-state index in [0.29, 0.717) is 5.69 Å². The van der Waals surface area contributed by atoms with Crippen LogP contribution in [0.1, 0.15) is 0 Å². The summed E-state index contributed by atoms with van der Waals surface area (Å²) in [4.78, 5) is 0. The van der Waals surface area contributed by atoms with Crippen molar-refractivity contribution in [3.05, 3.63) is 27.8 Å². The summed E-state index contributed by atoms with van der Waals surface area (Å²) in [5.41, 5.74) is 5.82. The molecule has 0 saturated carbocycles. The van der Waals surface area contributed by atoms with Crippen molar-refractivity contribution in [2.24, 2.45) is 10.9 Å². The third kappa shape index (κ3) is 2.65. The summed E-state index contributed by atoms with van der Waals surface area (Å²) in [6.45, 7) is 0. The molecule has 0 aromatic heterocycles. The molecule has 0 spiro atoms. The largest absolute Gasteiger partial charge is 0.367 e. The second kappa shape index (κ2) is 4.24. The molecular weight excluding hydrogens is 272 g/mol. The predicted molar refractivity (Wildman–Crippen MR) is 55.5 cm³/mol. The zero-order valence-corrected chi connectivity index (χ0v) is 8.25. The average Bonchev–Trinajstić information content (AvgIpc) is 2.09. The number of guanidine groups is 1. The molecule has 0 unspecified atom stereocenters. The molecule has 0 bridgehead atoms. The number of halogens is 2. The van der Waals surface area contributed by atoms with E-state index < -0.39 is 0 Å². The van der Waals surface area contributed by atoms with Gasteiger partial charge < -0.3 is 11.1 Å². The van der Waals surface area contributed by atoms with Crippen LogP contribution in [0.4, 0.5) is 10.2 Å². The molecule has 5 heteroatoms. The molecule has 0 aliphatic rings. The molecule has 0 amide bonds. The van der Waals surface area contributed by atoms with E-state index in [4.69, 9.17) is 5.73 Å². The van der Waals surface area contributed by atoms with Crippen molar-refractivity contribution in [3.8, 4) is 0 Å². The fourth-order valence-corrected chi connectivity index (χ4v) is 1.06. The minimum Gasteiger partial charge on any atom is -0.367 e. The van der Waals surface area contributed by atoms with Gasteiger partial charge in [-0.15, -0.1) is 0 Å². The third-order valence-electron chi connectivity index (χ3n) is 1.21. The van der Waals surface area contributed by atoms with E-state index in [2.05, 4.69) is 33.1 Å². The lowest BCUT2D eigenvalue weighted by atomic mass is 10.3. The van der Waals surface area contributed by atoms with Gasteiger partial charge in [-0.3, -0.25) is 0 Å². The number of anilines is 1. The quantitative estimate of drug-likeness (QED) is 0.468. The molecule has 0 aliphatic heterocycles. The Labute approximate surface area is 82.9 Å². The molecule has 1 aromatic carbocycles. The van der Waals surface area contributed by atoms with Gasteiger partial charge in [0.2, 0.25) is 5.96 Å². The second-order valence-electron chi connectivity index (χ2n) is 2.10. The molecule has 0 fully saturated rings. The first-order valence-electron chi connectivity index (χ1n) is 3.19. The molecule has 64 valence electrons. The molecular formula is C7H7FIN3. The number of nitrogens with zero attached hydrogens (tertiary/aromatic N) is 1. The Hall–Kier alpha value is -0.850. The lowest BCUT2D eigenvalue weighted by Crippen LogP contribution is -2.21. The molecule has 0 atom stereocenters. The number of rotatable bonds is 1. The van der Waals surface area contributed by atoms with Crippen LogP contribution in [-0.2, 0) is 0 Å². The normalized spacial score (nSPS) is 11.3. The molecule has 3 nitrogen and oxygen atoms in total. The molecule has 0 saturated heterocycles. The van der Waals surface area contributed by atoms with Gasteiger partial charge in [-0.05, 0) is 46.9 Å². The Bertz CT molecular complexity index is 283. The lowest BCUT2D eigenvalue weighted by molar-refractivity contribution is 0.536. The van der Waals surface area contributed by atoms with Crippen LogP contribution >= 0.6 is 22.6 Å². The highest BCUT2D eigenvalue weighted by Crippen LogP contribution is 2.10. The molecule has 0 radical (unpaired) electrons. The summed E-state index contributed by atoms with van der Waals surface area (Å²) in [6, 6.07) is 7.35. The zero-order chi connectivity index (χ0) is 8.97. The van der Waals surface area contributed by atoms with Crippen molar-refractivity contribution < 1.29 is 4.48 Å². The van der Waals surface area contributed by atoms with Crippen LogP contribution in [0, 0.1) is 3.57 Å². The fourth-order valence-electron chi connectivity index (χ4n) is 0.702. The standard InChI is InChI=1S/C7H7FIN3/c8-12-7(10)11-6-3-1-5(9)2-4-6/h1-4H,(H3,10,11,12). The van der Waals surface area contributed by atoms with E-state index in [-0.39, 0.29) is 5.96 Å². The summed E-state index contributed by atoms with van der Waals surface area (Å²) < 4.78 is 12.7. The highest BCUT2D eigenvalue weighted by molar-refractivity contribution is 14.1.